The standard InChI is InChI=1S/C19H30N4S.HI/c1-3-20-19(21-12-6-7-16-24-2)22-13-8-14-23-15-11-17-9-4-5-10-18(17)23;/h4-5,9-11,15H,3,6-8,12-14,16H2,1-2H3,(H2,20,21,22);1H. The molecule has 1 aromatic heterocycles. The third-order valence-corrected chi connectivity index (χ3v) is 4.62. The number of thioether (sulfide) groups is 1. The van der Waals surface area contributed by atoms with Crippen LogP contribution in [-0.4, -0.2) is 42.2 Å². The van der Waals surface area contributed by atoms with Crippen LogP contribution in [0.1, 0.15) is 26.2 Å². The van der Waals surface area contributed by atoms with Crippen molar-refractivity contribution in [1.82, 2.24) is 15.2 Å². The topological polar surface area (TPSA) is 41.4 Å². The maximum absolute atomic E-state index is 4.69. The molecule has 0 saturated heterocycles. The van der Waals surface area contributed by atoms with Gasteiger partial charge in [0.2, 0.25) is 0 Å². The Kier molecular flexibility index (Phi) is 11.8. The number of nitrogens with one attached hydrogen (secondary N) is 2. The fraction of sp³-hybridized carbons (Fsp3) is 0.526. The van der Waals surface area contributed by atoms with Crippen LogP contribution in [0.15, 0.2) is 41.5 Å². The number of rotatable bonds is 10. The molecule has 2 rings (SSSR count). The minimum absolute atomic E-state index is 0. The lowest BCUT2D eigenvalue weighted by Crippen LogP contribution is -2.37. The Morgan fingerprint density at radius 1 is 1.12 bits per heavy atom. The summed E-state index contributed by atoms with van der Waals surface area (Å²) >= 11 is 1.91. The number of benzene rings is 1. The zero-order chi connectivity index (χ0) is 17.0. The Hall–Kier alpha value is -0.890. The van der Waals surface area contributed by atoms with Gasteiger partial charge in [-0.05, 0) is 55.7 Å². The van der Waals surface area contributed by atoms with Crippen LogP contribution in [0.3, 0.4) is 0 Å². The fourth-order valence-corrected chi connectivity index (χ4v) is 3.18. The van der Waals surface area contributed by atoms with Gasteiger partial charge >= 0.3 is 0 Å². The molecule has 25 heavy (non-hydrogen) atoms. The fourth-order valence-electron chi connectivity index (χ4n) is 2.69. The summed E-state index contributed by atoms with van der Waals surface area (Å²) in [6.45, 7) is 5.85. The number of hydrogen-bond donors (Lipinski definition) is 2. The summed E-state index contributed by atoms with van der Waals surface area (Å²) in [4.78, 5) is 4.69. The maximum atomic E-state index is 4.69. The Morgan fingerprint density at radius 3 is 2.76 bits per heavy atom. The number of guanidine groups is 1. The monoisotopic (exact) mass is 474 g/mol. The first-order valence-corrected chi connectivity index (χ1v) is 10.3. The molecule has 1 heterocycles. The molecule has 0 aliphatic carbocycles. The SMILES string of the molecule is CCNC(=NCCCn1ccc2ccccc21)NCCCCSC.I. The van der Waals surface area contributed by atoms with E-state index in [0.717, 1.165) is 38.6 Å². The molecule has 0 radical (unpaired) electrons. The number of halogens is 1. The second-order valence-corrected chi connectivity index (χ2v) is 6.79. The highest BCUT2D eigenvalue weighted by Gasteiger charge is 2.00. The summed E-state index contributed by atoms with van der Waals surface area (Å²) in [6, 6.07) is 10.7. The quantitative estimate of drug-likeness (QED) is 0.233. The van der Waals surface area contributed by atoms with E-state index in [1.54, 1.807) is 0 Å². The van der Waals surface area contributed by atoms with Crippen LogP contribution in [0.5, 0.6) is 0 Å². The molecular weight excluding hydrogens is 443 g/mol. The normalized spacial score (nSPS) is 11.4. The first-order valence-electron chi connectivity index (χ1n) is 8.90. The highest BCUT2D eigenvalue weighted by Crippen LogP contribution is 2.15. The molecule has 0 fully saturated rings. The van der Waals surface area contributed by atoms with E-state index in [4.69, 9.17) is 0 Å². The molecule has 0 aliphatic rings. The first-order chi connectivity index (χ1) is 11.8. The van der Waals surface area contributed by atoms with E-state index in [-0.39, 0.29) is 24.0 Å². The minimum atomic E-state index is 0. The van der Waals surface area contributed by atoms with Gasteiger partial charge in [-0.3, -0.25) is 4.99 Å². The van der Waals surface area contributed by atoms with Crippen molar-refractivity contribution >= 4 is 52.6 Å². The maximum Gasteiger partial charge on any atom is 0.191 e. The van der Waals surface area contributed by atoms with E-state index in [0.29, 0.717) is 0 Å². The predicted molar refractivity (Wildman–Crippen MR) is 124 cm³/mol. The Bertz CT molecular complexity index is 627. The molecule has 1 aromatic carbocycles. The summed E-state index contributed by atoms with van der Waals surface area (Å²) < 4.78 is 2.31. The molecule has 0 saturated carbocycles. The number of hydrogen-bond acceptors (Lipinski definition) is 2. The van der Waals surface area contributed by atoms with E-state index in [1.807, 2.05) is 11.8 Å². The zero-order valence-corrected chi connectivity index (χ0v) is 18.5. The van der Waals surface area contributed by atoms with Crippen LogP contribution in [0.4, 0.5) is 0 Å². The van der Waals surface area contributed by atoms with Gasteiger partial charge in [-0.15, -0.1) is 24.0 Å². The average Bonchev–Trinajstić information content (AvgIpc) is 3.01. The van der Waals surface area contributed by atoms with Crippen LogP contribution in [0.2, 0.25) is 0 Å². The van der Waals surface area contributed by atoms with Crippen molar-refractivity contribution in [2.45, 2.75) is 32.7 Å². The van der Waals surface area contributed by atoms with Crippen LogP contribution in [0.25, 0.3) is 10.9 Å². The number of aliphatic imine (C=N–C) groups is 1. The van der Waals surface area contributed by atoms with Gasteiger partial charge < -0.3 is 15.2 Å². The summed E-state index contributed by atoms with van der Waals surface area (Å²) in [7, 11) is 0. The number of unbranched alkanes of at least 4 members (excludes halogenated alkanes) is 1. The summed E-state index contributed by atoms with van der Waals surface area (Å²) in [6.07, 6.45) is 7.83. The van der Waals surface area contributed by atoms with Crippen LogP contribution >= 0.6 is 35.7 Å². The molecular formula is C19H31IN4S. The van der Waals surface area contributed by atoms with E-state index in [1.165, 1.54) is 29.5 Å². The van der Waals surface area contributed by atoms with Crippen molar-refractivity contribution in [3.05, 3.63) is 36.5 Å². The van der Waals surface area contributed by atoms with Gasteiger partial charge in [-0.1, -0.05) is 18.2 Å². The molecule has 6 heteroatoms. The van der Waals surface area contributed by atoms with Gasteiger partial charge in [-0.2, -0.15) is 11.8 Å². The van der Waals surface area contributed by atoms with E-state index >= 15 is 0 Å². The molecule has 140 valence electrons. The number of nitrogens with zero attached hydrogens (tertiary/aromatic N) is 2. The van der Waals surface area contributed by atoms with Gasteiger partial charge in [0.25, 0.3) is 0 Å². The van der Waals surface area contributed by atoms with Crippen molar-refractivity contribution in [3.63, 3.8) is 0 Å². The highest BCUT2D eigenvalue weighted by atomic mass is 127. The Labute approximate surface area is 173 Å². The second-order valence-electron chi connectivity index (χ2n) is 5.81. The van der Waals surface area contributed by atoms with Crippen molar-refractivity contribution < 1.29 is 0 Å². The Morgan fingerprint density at radius 2 is 1.96 bits per heavy atom. The molecule has 0 unspecified atom stereocenters. The average molecular weight is 474 g/mol. The molecule has 4 nitrogen and oxygen atoms in total. The molecule has 0 bridgehead atoms. The summed E-state index contributed by atoms with van der Waals surface area (Å²) in [5.41, 5.74) is 1.31. The zero-order valence-electron chi connectivity index (χ0n) is 15.3. The molecule has 0 amide bonds. The van der Waals surface area contributed by atoms with Crippen molar-refractivity contribution in [1.29, 1.82) is 0 Å². The van der Waals surface area contributed by atoms with Gasteiger partial charge in [0.05, 0.1) is 0 Å². The first kappa shape index (κ1) is 22.2. The molecule has 0 atom stereocenters. The number of aromatic nitrogens is 1. The predicted octanol–water partition coefficient (Wildman–Crippen LogP) is 4.35. The molecule has 0 aliphatic heterocycles. The minimum Gasteiger partial charge on any atom is -0.357 e. The van der Waals surface area contributed by atoms with E-state index < -0.39 is 0 Å². The number of aryl methyl sites for hydroxylation is 1. The molecule has 0 spiro atoms. The molecule has 2 N–H and O–H groups in total. The third-order valence-electron chi connectivity index (χ3n) is 3.92. The lowest BCUT2D eigenvalue weighted by atomic mass is 10.2. The smallest absolute Gasteiger partial charge is 0.191 e. The van der Waals surface area contributed by atoms with Gasteiger partial charge in [0, 0.05) is 37.9 Å². The summed E-state index contributed by atoms with van der Waals surface area (Å²) in [5, 5.41) is 8.06. The number of fused-ring (bicyclic) bond motifs is 1. The van der Waals surface area contributed by atoms with E-state index in [2.05, 4.69) is 69.9 Å². The van der Waals surface area contributed by atoms with Crippen molar-refractivity contribution in [2.75, 3.05) is 31.6 Å². The lowest BCUT2D eigenvalue weighted by molar-refractivity contribution is 0.664. The third kappa shape index (κ3) is 7.90. The van der Waals surface area contributed by atoms with Crippen LogP contribution < -0.4 is 10.6 Å². The Balaban J connectivity index is 0.00000312. The highest BCUT2D eigenvalue weighted by molar-refractivity contribution is 14.0. The summed E-state index contributed by atoms with van der Waals surface area (Å²) in [5.74, 6) is 2.18. The molecule has 2 aromatic rings. The van der Waals surface area contributed by atoms with Crippen molar-refractivity contribution in [2.24, 2.45) is 4.99 Å². The van der Waals surface area contributed by atoms with Crippen molar-refractivity contribution in [3.8, 4) is 0 Å². The second kappa shape index (κ2) is 13.3. The van der Waals surface area contributed by atoms with Gasteiger partial charge in [-0.25, -0.2) is 0 Å². The van der Waals surface area contributed by atoms with Crippen LogP contribution in [-0.2, 0) is 6.54 Å². The van der Waals surface area contributed by atoms with Gasteiger partial charge in [0.15, 0.2) is 5.96 Å². The van der Waals surface area contributed by atoms with E-state index in [9.17, 15) is 0 Å². The number of para-hydroxylation sites is 1. The lowest BCUT2D eigenvalue weighted by Gasteiger charge is -2.11. The van der Waals surface area contributed by atoms with Crippen LogP contribution in [0, 0.1) is 0 Å². The van der Waals surface area contributed by atoms with Gasteiger partial charge in [0.1, 0.15) is 0 Å². The largest absolute Gasteiger partial charge is 0.357 e.